The zero-order chi connectivity index (χ0) is 20.7. The zero-order valence-electron chi connectivity index (χ0n) is 16.2. The Morgan fingerprint density at radius 2 is 1.55 bits per heavy atom. The van der Waals surface area contributed by atoms with Gasteiger partial charge in [0, 0.05) is 23.1 Å². The van der Waals surface area contributed by atoms with Crippen molar-refractivity contribution < 1.29 is 14.3 Å². The number of benzene rings is 2. The summed E-state index contributed by atoms with van der Waals surface area (Å²) in [6.45, 7) is 6.06. The fraction of sp³-hybridized carbons (Fsp3) is 0.273. The van der Waals surface area contributed by atoms with Gasteiger partial charge in [0.1, 0.15) is 5.70 Å². The second-order valence-corrected chi connectivity index (χ2v) is 8.09. The molecule has 0 atom stereocenters. The molecule has 150 valence electrons. The van der Waals surface area contributed by atoms with Gasteiger partial charge >= 0.3 is 0 Å². The van der Waals surface area contributed by atoms with Gasteiger partial charge in [-0.2, -0.15) is 0 Å². The third kappa shape index (κ3) is 3.66. The molecular weight excluding hydrogens is 411 g/mol. The molecule has 0 radical (unpaired) electrons. The Hall–Kier alpha value is -2.34. The fourth-order valence-electron chi connectivity index (χ4n) is 3.84. The molecule has 2 aliphatic heterocycles. The molecule has 0 aliphatic carbocycles. The molecule has 2 amide bonds. The highest BCUT2D eigenvalue weighted by molar-refractivity contribution is 6.46. The SMILES string of the molecule is Cc1ccc(C2=C(N3CCOCC3)C(=O)N(c3cc(Cl)cc(Cl)c3)C2=O)c(C)c1. The topological polar surface area (TPSA) is 49.9 Å². The quantitative estimate of drug-likeness (QED) is 0.683. The van der Waals surface area contributed by atoms with Crippen LogP contribution in [0.1, 0.15) is 16.7 Å². The van der Waals surface area contributed by atoms with E-state index in [0.717, 1.165) is 21.6 Å². The lowest BCUT2D eigenvalue weighted by atomic mass is 9.97. The van der Waals surface area contributed by atoms with E-state index >= 15 is 0 Å². The van der Waals surface area contributed by atoms with Gasteiger partial charge in [-0.05, 0) is 43.2 Å². The Bertz CT molecular complexity index is 1020. The molecule has 1 saturated heterocycles. The molecule has 0 spiro atoms. The number of ether oxygens (including phenoxy) is 1. The molecule has 0 N–H and O–H groups in total. The minimum atomic E-state index is -0.373. The Morgan fingerprint density at radius 3 is 2.17 bits per heavy atom. The molecular formula is C22H20Cl2N2O3. The first-order chi connectivity index (χ1) is 13.9. The second-order valence-electron chi connectivity index (χ2n) is 7.21. The van der Waals surface area contributed by atoms with E-state index < -0.39 is 0 Å². The number of amides is 2. The molecule has 4 rings (SSSR count). The van der Waals surface area contributed by atoms with Crippen molar-refractivity contribution in [3.8, 4) is 0 Å². The molecule has 29 heavy (non-hydrogen) atoms. The molecule has 2 aromatic rings. The summed E-state index contributed by atoms with van der Waals surface area (Å²) in [5.74, 6) is -0.744. The first kappa shape index (κ1) is 20.0. The van der Waals surface area contributed by atoms with E-state index in [1.54, 1.807) is 18.2 Å². The molecule has 2 heterocycles. The Morgan fingerprint density at radius 1 is 0.897 bits per heavy atom. The molecule has 2 aromatic carbocycles. The Balaban J connectivity index is 1.88. The van der Waals surface area contributed by atoms with Crippen molar-refractivity contribution >= 4 is 46.3 Å². The molecule has 0 aromatic heterocycles. The molecule has 2 aliphatic rings. The number of imide groups is 1. The van der Waals surface area contributed by atoms with Crippen LogP contribution in [-0.4, -0.2) is 43.0 Å². The molecule has 7 heteroatoms. The third-order valence-corrected chi connectivity index (χ3v) is 5.58. The summed E-state index contributed by atoms with van der Waals surface area (Å²) in [6, 6.07) is 10.6. The lowest BCUT2D eigenvalue weighted by Crippen LogP contribution is -2.40. The number of anilines is 1. The summed E-state index contributed by atoms with van der Waals surface area (Å²) in [5, 5.41) is 0.724. The van der Waals surface area contributed by atoms with Crippen LogP contribution >= 0.6 is 23.2 Å². The zero-order valence-corrected chi connectivity index (χ0v) is 17.7. The number of hydrogen-bond donors (Lipinski definition) is 0. The van der Waals surface area contributed by atoms with E-state index in [9.17, 15) is 9.59 Å². The van der Waals surface area contributed by atoms with Crippen molar-refractivity contribution in [3.05, 3.63) is 68.8 Å². The number of carbonyl (C=O) groups is 2. The maximum atomic E-state index is 13.5. The normalized spacial score (nSPS) is 17.5. The number of morpholine rings is 1. The van der Waals surface area contributed by atoms with Crippen LogP contribution in [-0.2, 0) is 14.3 Å². The van der Waals surface area contributed by atoms with Crippen molar-refractivity contribution in [2.24, 2.45) is 0 Å². The standard InChI is InChI=1S/C22H20Cl2N2O3/c1-13-3-4-18(14(2)9-13)19-20(25-5-7-29-8-6-25)22(28)26(21(19)27)17-11-15(23)10-16(24)12-17/h3-4,9-12H,5-8H2,1-2H3. The summed E-state index contributed by atoms with van der Waals surface area (Å²) < 4.78 is 5.44. The molecule has 1 fully saturated rings. The van der Waals surface area contributed by atoms with Crippen molar-refractivity contribution in [2.75, 3.05) is 31.2 Å². The van der Waals surface area contributed by atoms with Gasteiger partial charge in [0.25, 0.3) is 11.8 Å². The highest BCUT2D eigenvalue weighted by Gasteiger charge is 2.43. The van der Waals surface area contributed by atoms with E-state index in [0.29, 0.717) is 53.3 Å². The van der Waals surface area contributed by atoms with Crippen molar-refractivity contribution in [3.63, 3.8) is 0 Å². The maximum absolute atomic E-state index is 13.5. The van der Waals surface area contributed by atoms with Gasteiger partial charge in [0.05, 0.1) is 24.5 Å². The Kier molecular flexibility index (Phi) is 5.38. The van der Waals surface area contributed by atoms with Gasteiger partial charge in [-0.1, -0.05) is 47.0 Å². The number of aryl methyl sites for hydroxylation is 2. The molecule has 5 nitrogen and oxygen atoms in total. The van der Waals surface area contributed by atoms with Crippen LogP contribution in [0.25, 0.3) is 5.57 Å². The minimum Gasteiger partial charge on any atom is -0.378 e. The Labute approximate surface area is 179 Å². The van der Waals surface area contributed by atoms with Crippen LogP contribution in [0.3, 0.4) is 0 Å². The number of rotatable bonds is 3. The van der Waals surface area contributed by atoms with Gasteiger partial charge in [-0.15, -0.1) is 0 Å². The van der Waals surface area contributed by atoms with Gasteiger partial charge in [0.15, 0.2) is 0 Å². The van der Waals surface area contributed by atoms with Crippen molar-refractivity contribution in [1.29, 1.82) is 0 Å². The number of carbonyl (C=O) groups excluding carboxylic acids is 2. The van der Waals surface area contributed by atoms with Gasteiger partial charge < -0.3 is 9.64 Å². The van der Waals surface area contributed by atoms with Crippen molar-refractivity contribution in [1.82, 2.24) is 4.90 Å². The minimum absolute atomic E-state index is 0.362. The van der Waals surface area contributed by atoms with Crippen LogP contribution in [0.4, 0.5) is 5.69 Å². The fourth-order valence-corrected chi connectivity index (χ4v) is 4.35. The highest BCUT2D eigenvalue weighted by atomic mass is 35.5. The number of nitrogens with zero attached hydrogens (tertiary/aromatic N) is 2. The molecule has 0 unspecified atom stereocenters. The summed E-state index contributed by atoms with van der Waals surface area (Å²) in [5.41, 5.74) is 3.97. The number of hydrogen-bond acceptors (Lipinski definition) is 4. The smallest absolute Gasteiger partial charge is 0.282 e. The van der Waals surface area contributed by atoms with E-state index in [1.165, 1.54) is 0 Å². The predicted octanol–water partition coefficient (Wildman–Crippen LogP) is 4.23. The van der Waals surface area contributed by atoms with Crippen LogP contribution in [0.5, 0.6) is 0 Å². The monoisotopic (exact) mass is 430 g/mol. The first-order valence-corrected chi connectivity index (χ1v) is 10.1. The third-order valence-electron chi connectivity index (χ3n) is 5.14. The van der Waals surface area contributed by atoms with Gasteiger partial charge in [0.2, 0.25) is 0 Å². The second kappa shape index (κ2) is 7.82. The average Bonchev–Trinajstić information content (AvgIpc) is 2.92. The average molecular weight is 431 g/mol. The highest BCUT2D eigenvalue weighted by Crippen LogP contribution is 2.38. The number of halogens is 2. The van der Waals surface area contributed by atoms with Gasteiger partial charge in [-0.25, -0.2) is 4.90 Å². The van der Waals surface area contributed by atoms with Crippen LogP contribution in [0.2, 0.25) is 10.0 Å². The summed E-state index contributed by atoms with van der Waals surface area (Å²) >= 11 is 12.3. The first-order valence-electron chi connectivity index (χ1n) is 9.36. The lowest BCUT2D eigenvalue weighted by molar-refractivity contribution is -0.121. The largest absolute Gasteiger partial charge is 0.378 e. The van der Waals surface area contributed by atoms with Gasteiger partial charge in [-0.3, -0.25) is 9.59 Å². The predicted molar refractivity (Wildman–Crippen MR) is 114 cm³/mol. The summed E-state index contributed by atoms with van der Waals surface area (Å²) in [6.07, 6.45) is 0. The van der Waals surface area contributed by atoms with E-state index in [-0.39, 0.29) is 11.8 Å². The van der Waals surface area contributed by atoms with E-state index in [4.69, 9.17) is 27.9 Å². The summed E-state index contributed by atoms with van der Waals surface area (Å²) in [7, 11) is 0. The summed E-state index contributed by atoms with van der Waals surface area (Å²) in [4.78, 5) is 30.1. The van der Waals surface area contributed by atoms with Crippen LogP contribution < -0.4 is 4.90 Å². The van der Waals surface area contributed by atoms with Crippen LogP contribution in [0, 0.1) is 13.8 Å². The van der Waals surface area contributed by atoms with E-state index in [2.05, 4.69) is 0 Å². The maximum Gasteiger partial charge on any atom is 0.282 e. The molecule has 0 bridgehead atoms. The van der Waals surface area contributed by atoms with Crippen molar-refractivity contribution in [2.45, 2.75) is 13.8 Å². The molecule has 0 saturated carbocycles. The van der Waals surface area contributed by atoms with E-state index in [1.807, 2.05) is 36.9 Å². The lowest BCUT2D eigenvalue weighted by Gasteiger charge is -2.29. The van der Waals surface area contributed by atoms with Crippen LogP contribution in [0.15, 0.2) is 42.1 Å².